The third-order valence-electron chi connectivity index (χ3n) is 3.92. The van der Waals surface area contributed by atoms with E-state index >= 15 is 0 Å². The summed E-state index contributed by atoms with van der Waals surface area (Å²) in [4.78, 5) is 20.3. The molecule has 2 heterocycles. The fourth-order valence-electron chi connectivity index (χ4n) is 2.53. The Labute approximate surface area is 151 Å². The van der Waals surface area contributed by atoms with Crippen LogP contribution in [0.15, 0.2) is 42.9 Å². The number of hydrogen-bond donors (Lipinski definition) is 3. The summed E-state index contributed by atoms with van der Waals surface area (Å²) in [5, 5.41) is 10.5. The third-order valence-corrected chi connectivity index (χ3v) is 3.92. The van der Waals surface area contributed by atoms with Gasteiger partial charge in [-0.3, -0.25) is 9.48 Å². The zero-order valence-electron chi connectivity index (χ0n) is 14.7. The Morgan fingerprint density at radius 2 is 2.00 bits per heavy atom. The predicted molar refractivity (Wildman–Crippen MR) is 101 cm³/mol. The molecule has 0 spiro atoms. The van der Waals surface area contributed by atoms with Crippen LogP contribution in [-0.2, 0) is 13.0 Å². The number of hydrogen-bond acceptors (Lipinski definition) is 6. The number of nitrogens with two attached hydrogens (primary N) is 1. The zero-order valence-corrected chi connectivity index (χ0v) is 14.7. The van der Waals surface area contributed by atoms with Crippen molar-refractivity contribution in [3.05, 3.63) is 54.0 Å². The minimum atomic E-state index is -0.591. The SMILES string of the molecule is CCc1ccccc1Nc1nc(Nc2cnn(CC)c2)ncc1C(N)=O. The number of rotatable bonds is 7. The molecule has 4 N–H and O–H groups in total. The number of nitrogens with one attached hydrogen (secondary N) is 2. The molecule has 1 amide bonds. The number of carbonyl (C=O) groups is 1. The standard InChI is InChI=1S/C18H21N7O/c1-3-12-7-5-6-8-15(12)23-17-14(16(19)26)10-20-18(24-17)22-13-9-21-25(4-2)11-13/h5-11H,3-4H2,1-2H3,(H2,19,26)(H2,20,22,23,24). The molecule has 0 saturated heterocycles. The highest BCUT2D eigenvalue weighted by Gasteiger charge is 2.14. The van der Waals surface area contributed by atoms with Crippen LogP contribution in [0.25, 0.3) is 0 Å². The fourth-order valence-corrected chi connectivity index (χ4v) is 2.53. The first-order valence-electron chi connectivity index (χ1n) is 8.42. The van der Waals surface area contributed by atoms with Gasteiger partial charge in [0.1, 0.15) is 11.4 Å². The second-order valence-electron chi connectivity index (χ2n) is 5.67. The van der Waals surface area contributed by atoms with E-state index in [4.69, 9.17) is 5.73 Å². The number of aromatic nitrogens is 4. The fraction of sp³-hybridized carbons (Fsp3) is 0.222. The molecular formula is C18H21N7O. The first-order valence-corrected chi connectivity index (χ1v) is 8.42. The summed E-state index contributed by atoms with van der Waals surface area (Å²) < 4.78 is 1.79. The summed E-state index contributed by atoms with van der Waals surface area (Å²) in [6.07, 6.45) is 5.81. The number of amides is 1. The van der Waals surface area contributed by atoms with Crippen LogP contribution < -0.4 is 16.4 Å². The number of para-hydroxylation sites is 1. The molecule has 0 aliphatic heterocycles. The summed E-state index contributed by atoms with van der Waals surface area (Å²) in [6, 6.07) is 7.85. The van der Waals surface area contributed by atoms with Crippen LogP contribution in [0.3, 0.4) is 0 Å². The highest BCUT2D eigenvalue weighted by Crippen LogP contribution is 2.24. The van der Waals surface area contributed by atoms with Gasteiger partial charge in [0, 0.05) is 24.6 Å². The van der Waals surface area contributed by atoms with Crippen LogP contribution in [0.1, 0.15) is 29.8 Å². The maximum atomic E-state index is 11.7. The summed E-state index contributed by atoms with van der Waals surface area (Å²) in [7, 11) is 0. The van der Waals surface area contributed by atoms with Crippen molar-refractivity contribution in [1.29, 1.82) is 0 Å². The van der Waals surface area contributed by atoms with Crippen molar-refractivity contribution < 1.29 is 4.79 Å². The largest absolute Gasteiger partial charge is 0.365 e. The molecule has 2 aromatic heterocycles. The second-order valence-corrected chi connectivity index (χ2v) is 5.67. The van der Waals surface area contributed by atoms with Crippen LogP contribution in [0.5, 0.6) is 0 Å². The van der Waals surface area contributed by atoms with Gasteiger partial charge in [-0.25, -0.2) is 4.98 Å². The van der Waals surface area contributed by atoms with Crippen molar-refractivity contribution in [3.63, 3.8) is 0 Å². The molecule has 3 rings (SSSR count). The summed E-state index contributed by atoms with van der Waals surface area (Å²) in [5.41, 5.74) is 8.45. The van der Waals surface area contributed by atoms with E-state index in [0.29, 0.717) is 11.8 Å². The van der Waals surface area contributed by atoms with E-state index < -0.39 is 5.91 Å². The lowest BCUT2D eigenvalue weighted by Crippen LogP contribution is -2.16. The van der Waals surface area contributed by atoms with Gasteiger partial charge in [-0.1, -0.05) is 25.1 Å². The van der Waals surface area contributed by atoms with Gasteiger partial charge < -0.3 is 16.4 Å². The zero-order chi connectivity index (χ0) is 18.5. The van der Waals surface area contributed by atoms with E-state index in [0.717, 1.165) is 29.9 Å². The monoisotopic (exact) mass is 351 g/mol. The summed E-state index contributed by atoms with van der Waals surface area (Å²) in [6.45, 7) is 4.83. The van der Waals surface area contributed by atoms with Crippen molar-refractivity contribution in [2.24, 2.45) is 5.73 Å². The summed E-state index contributed by atoms with van der Waals surface area (Å²) >= 11 is 0. The maximum absolute atomic E-state index is 11.7. The molecule has 8 heteroatoms. The van der Waals surface area contributed by atoms with E-state index in [1.54, 1.807) is 10.9 Å². The van der Waals surface area contributed by atoms with E-state index in [1.165, 1.54) is 6.20 Å². The first kappa shape index (κ1) is 17.4. The average Bonchev–Trinajstić information content (AvgIpc) is 3.09. The van der Waals surface area contributed by atoms with Crippen LogP contribution in [0.2, 0.25) is 0 Å². The van der Waals surface area contributed by atoms with Gasteiger partial charge in [-0.05, 0) is 25.0 Å². The van der Waals surface area contributed by atoms with Crippen LogP contribution in [-0.4, -0.2) is 25.7 Å². The molecule has 26 heavy (non-hydrogen) atoms. The number of aryl methyl sites for hydroxylation is 2. The highest BCUT2D eigenvalue weighted by atomic mass is 16.1. The summed E-state index contributed by atoms with van der Waals surface area (Å²) in [5.74, 6) is 0.118. The topological polar surface area (TPSA) is 111 Å². The second kappa shape index (κ2) is 7.64. The number of nitrogens with zero attached hydrogens (tertiary/aromatic N) is 4. The van der Waals surface area contributed by atoms with E-state index in [1.807, 2.05) is 37.4 Å². The molecule has 0 bridgehead atoms. The molecule has 0 atom stereocenters. The van der Waals surface area contributed by atoms with Gasteiger partial charge in [0.25, 0.3) is 5.91 Å². The molecule has 3 aromatic rings. The molecule has 0 fully saturated rings. The number of primary amides is 1. The highest BCUT2D eigenvalue weighted by molar-refractivity contribution is 5.98. The van der Waals surface area contributed by atoms with E-state index in [-0.39, 0.29) is 5.56 Å². The smallest absolute Gasteiger partial charge is 0.254 e. The molecule has 0 saturated carbocycles. The molecule has 1 aromatic carbocycles. The predicted octanol–water partition coefficient (Wildman–Crippen LogP) is 2.84. The third kappa shape index (κ3) is 3.80. The normalized spacial score (nSPS) is 10.5. The molecule has 8 nitrogen and oxygen atoms in total. The van der Waals surface area contributed by atoms with Crippen molar-refractivity contribution in [1.82, 2.24) is 19.7 Å². The molecule has 0 aliphatic rings. The lowest BCUT2D eigenvalue weighted by atomic mass is 10.1. The minimum Gasteiger partial charge on any atom is -0.365 e. The van der Waals surface area contributed by atoms with Gasteiger partial charge in [-0.15, -0.1) is 0 Å². The minimum absolute atomic E-state index is 0.228. The van der Waals surface area contributed by atoms with Crippen molar-refractivity contribution >= 4 is 29.0 Å². The maximum Gasteiger partial charge on any atom is 0.254 e. The Morgan fingerprint density at radius 1 is 1.19 bits per heavy atom. The van der Waals surface area contributed by atoms with Gasteiger partial charge in [0.05, 0.1) is 11.9 Å². The number of benzene rings is 1. The van der Waals surface area contributed by atoms with Crippen molar-refractivity contribution in [2.45, 2.75) is 26.8 Å². The average molecular weight is 351 g/mol. The first-order chi connectivity index (χ1) is 12.6. The Bertz CT molecular complexity index is 919. The van der Waals surface area contributed by atoms with Gasteiger partial charge in [0.2, 0.25) is 5.95 Å². The Kier molecular flexibility index (Phi) is 5.12. The van der Waals surface area contributed by atoms with Gasteiger partial charge >= 0.3 is 0 Å². The van der Waals surface area contributed by atoms with Gasteiger partial charge in [-0.2, -0.15) is 10.1 Å². The van der Waals surface area contributed by atoms with Crippen LogP contribution in [0, 0.1) is 0 Å². The molecular weight excluding hydrogens is 330 g/mol. The molecule has 0 radical (unpaired) electrons. The van der Waals surface area contributed by atoms with E-state index in [9.17, 15) is 4.79 Å². The Morgan fingerprint density at radius 3 is 2.69 bits per heavy atom. The van der Waals surface area contributed by atoms with Crippen molar-refractivity contribution in [2.75, 3.05) is 10.6 Å². The number of anilines is 4. The number of carbonyl (C=O) groups excluding carboxylic acids is 1. The molecule has 134 valence electrons. The van der Waals surface area contributed by atoms with Crippen LogP contribution in [0.4, 0.5) is 23.1 Å². The van der Waals surface area contributed by atoms with Crippen LogP contribution >= 0.6 is 0 Å². The molecule has 0 unspecified atom stereocenters. The Balaban J connectivity index is 1.92. The quantitative estimate of drug-likeness (QED) is 0.603. The molecule has 0 aliphatic carbocycles. The van der Waals surface area contributed by atoms with E-state index in [2.05, 4.69) is 32.6 Å². The lowest BCUT2D eigenvalue weighted by Gasteiger charge is -2.13. The van der Waals surface area contributed by atoms with Gasteiger partial charge in [0.15, 0.2) is 0 Å². The Hall–Kier alpha value is -3.42. The van der Waals surface area contributed by atoms with Crippen molar-refractivity contribution in [3.8, 4) is 0 Å². The lowest BCUT2D eigenvalue weighted by molar-refractivity contribution is 0.100.